The van der Waals surface area contributed by atoms with Gasteiger partial charge in [0.25, 0.3) is 0 Å². The number of alkyl halides is 1. The molecule has 1 N–H and O–H groups in total. The molecule has 7 heteroatoms. The van der Waals surface area contributed by atoms with E-state index in [0.717, 1.165) is 0 Å². The molecule has 0 saturated heterocycles. The van der Waals surface area contributed by atoms with Gasteiger partial charge in [-0.05, 0) is 12.1 Å². The highest BCUT2D eigenvalue weighted by molar-refractivity contribution is 9.10. The fourth-order valence-electron chi connectivity index (χ4n) is 1.17. The predicted molar refractivity (Wildman–Crippen MR) is 58.9 cm³/mol. The standard InChI is InChI=1S/C8H8BrNO4S/c9-4-15(11,12)10-6-1-2-7-8(3-6)14-5-13-7/h1-3,10H,4-5H2. The van der Waals surface area contributed by atoms with Crippen molar-refractivity contribution in [3.63, 3.8) is 0 Å². The fraction of sp³-hybridized carbons (Fsp3) is 0.250. The highest BCUT2D eigenvalue weighted by atomic mass is 79.9. The van der Waals surface area contributed by atoms with Crippen molar-refractivity contribution in [2.24, 2.45) is 0 Å². The first-order valence-corrected chi connectivity index (χ1v) is 6.84. The number of nitrogens with one attached hydrogen (secondary N) is 1. The second-order valence-corrected chi connectivity index (χ2v) is 5.92. The second kappa shape index (κ2) is 3.90. The Morgan fingerprint density at radius 1 is 1.33 bits per heavy atom. The maximum atomic E-state index is 11.2. The van der Waals surface area contributed by atoms with Crippen LogP contribution >= 0.6 is 15.9 Å². The molecular weight excluding hydrogens is 286 g/mol. The van der Waals surface area contributed by atoms with Gasteiger partial charge in [0.2, 0.25) is 16.8 Å². The quantitative estimate of drug-likeness (QED) is 0.858. The molecule has 1 aliphatic heterocycles. The van der Waals surface area contributed by atoms with Crippen molar-refractivity contribution in [1.82, 2.24) is 0 Å². The average molecular weight is 294 g/mol. The summed E-state index contributed by atoms with van der Waals surface area (Å²) in [5.74, 6) is 1.17. The molecule has 0 bridgehead atoms. The summed E-state index contributed by atoms with van der Waals surface area (Å²) in [7, 11) is -3.32. The van der Waals surface area contributed by atoms with E-state index in [-0.39, 0.29) is 11.5 Å². The third-order valence-corrected chi connectivity index (χ3v) is 4.43. The molecular formula is C8H8BrNO4S. The van der Waals surface area contributed by atoms with Crippen LogP contribution < -0.4 is 14.2 Å². The number of benzene rings is 1. The summed E-state index contributed by atoms with van der Waals surface area (Å²) in [5.41, 5.74) is 0.457. The molecule has 0 radical (unpaired) electrons. The summed E-state index contributed by atoms with van der Waals surface area (Å²) < 4.78 is 34.9. The highest BCUT2D eigenvalue weighted by Gasteiger charge is 2.15. The Labute approximate surface area is 95.6 Å². The minimum Gasteiger partial charge on any atom is -0.454 e. The van der Waals surface area contributed by atoms with E-state index in [2.05, 4.69) is 20.7 Å². The highest BCUT2D eigenvalue weighted by Crippen LogP contribution is 2.34. The number of hydrogen-bond donors (Lipinski definition) is 1. The van der Waals surface area contributed by atoms with Gasteiger partial charge in [-0.2, -0.15) is 0 Å². The van der Waals surface area contributed by atoms with Crippen molar-refractivity contribution in [1.29, 1.82) is 0 Å². The van der Waals surface area contributed by atoms with Crippen LogP contribution in [0.15, 0.2) is 18.2 Å². The first-order chi connectivity index (χ1) is 7.11. The molecule has 15 heavy (non-hydrogen) atoms. The molecule has 0 fully saturated rings. The fourth-order valence-corrected chi connectivity index (χ4v) is 2.05. The maximum Gasteiger partial charge on any atom is 0.242 e. The summed E-state index contributed by atoms with van der Waals surface area (Å²) in [4.78, 5) is 0. The van der Waals surface area contributed by atoms with Gasteiger partial charge >= 0.3 is 0 Å². The number of hydrogen-bond acceptors (Lipinski definition) is 4. The topological polar surface area (TPSA) is 64.6 Å². The Morgan fingerprint density at radius 3 is 2.80 bits per heavy atom. The van der Waals surface area contributed by atoms with E-state index in [4.69, 9.17) is 9.47 Å². The minimum atomic E-state index is -3.32. The van der Waals surface area contributed by atoms with Crippen LogP contribution in [0, 0.1) is 0 Å². The van der Waals surface area contributed by atoms with Crippen LogP contribution in [-0.2, 0) is 10.0 Å². The normalized spacial score (nSPS) is 13.9. The van der Waals surface area contributed by atoms with Gasteiger partial charge in [0.1, 0.15) is 4.66 Å². The van der Waals surface area contributed by atoms with Crippen molar-refractivity contribution >= 4 is 31.6 Å². The van der Waals surface area contributed by atoms with Gasteiger partial charge in [-0.3, -0.25) is 4.72 Å². The molecule has 1 heterocycles. The van der Waals surface area contributed by atoms with Crippen LogP contribution in [0.3, 0.4) is 0 Å². The van der Waals surface area contributed by atoms with Gasteiger partial charge < -0.3 is 9.47 Å². The molecule has 0 amide bonds. The van der Waals surface area contributed by atoms with E-state index in [1.165, 1.54) is 0 Å². The average Bonchev–Trinajstić information content (AvgIpc) is 2.64. The Hall–Kier alpha value is -0.950. The van der Waals surface area contributed by atoms with Crippen molar-refractivity contribution in [2.75, 3.05) is 16.2 Å². The summed E-state index contributed by atoms with van der Waals surface area (Å²) in [6.45, 7) is 0.171. The van der Waals surface area contributed by atoms with E-state index < -0.39 is 10.0 Å². The van der Waals surface area contributed by atoms with Gasteiger partial charge in [-0.15, -0.1) is 0 Å². The monoisotopic (exact) mass is 293 g/mol. The van der Waals surface area contributed by atoms with Gasteiger partial charge in [0, 0.05) is 6.07 Å². The predicted octanol–water partition coefficient (Wildman–Crippen LogP) is 1.51. The first kappa shape index (κ1) is 10.6. The summed E-state index contributed by atoms with van der Waals surface area (Å²) in [6, 6.07) is 4.87. The van der Waals surface area contributed by atoms with E-state index in [1.54, 1.807) is 18.2 Å². The number of rotatable bonds is 3. The lowest BCUT2D eigenvalue weighted by Gasteiger charge is -2.05. The second-order valence-electron chi connectivity index (χ2n) is 2.89. The molecule has 2 rings (SSSR count). The Kier molecular flexibility index (Phi) is 2.74. The molecule has 0 aliphatic carbocycles. The summed E-state index contributed by atoms with van der Waals surface area (Å²) in [6.07, 6.45) is 0. The molecule has 1 aromatic rings. The third-order valence-electron chi connectivity index (χ3n) is 1.79. The van der Waals surface area contributed by atoms with E-state index in [1.807, 2.05) is 0 Å². The lowest BCUT2D eigenvalue weighted by Crippen LogP contribution is -2.12. The Bertz CT molecular complexity index is 474. The van der Waals surface area contributed by atoms with Crippen molar-refractivity contribution in [2.45, 2.75) is 0 Å². The molecule has 0 atom stereocenters. The molecule has 82 valence electrons. The lowest BCUT2D eigenvalue weighted by atomic mass is 10.3. The van der Waals surface area contributed by atoms with Crippen LogP contribution in [0.25, 0.3) is 0 Å². The minimum absolute atomic E-state index is 0.144. The molecule has 0 unspecified atom stereocenters. The number of halogens is 1. The summed E-state index contributed by atoms with van der Waals surface area (Å²) in [5, 5.41) is 0. The van der Waals surface area contributed by atoms with E-state index in [0.29, 0.717) is 17.2 Å². The number of fused-ring (bicyclic) bond motifs is 1. The molecule has 1 aliphatic rings. The van der Waals surface area contributed by atoms with Crippen molar-refractivity contribution in [3.8, 4) is 11.5 Å². The van der Waals surface area contributed by atoms with Crippen LogP contribution in [0.5, 0.6) is 11.5 Å². The van der Waals surface area contributed by atoms with Gasteiger partial charge in [-0.25, -0.2) is 8.42 Å². The maximum absolute atomic E-state index is 11.2. The molecule has 0 saturated carbocycles. The molecule has 5 nitrogen and oxygen atoms in total. The largest absolute Gasteiger partial charge is 0.454 e. The molecule has 0 aromatic heterocycles. The Morgan fingerprint density at radius 2 is 2.07 bits per heavy atom. The van der Waals surface area contributed by atoms with E-state index >= 15 is 0 Å². The zero-order valence-corrected chi connectivity index (χ0v) is 9.97. The third kappa shape index (κ3) is 2.35. The lowest BCUT2D eigenvalue weighted by molar-refractivity contribution is 0.174. The SMILES string of the molecule is O=S(=O)(CBr)Nc1ccc2c(c1)OCO2. The van der Waals surface area contributed by atoms with Crippen LogP contribution in [0.1, 0.15) is 0 Å². The Balaban J connectivity index is 2.24. The molecule has 0 spiro atoms. The van der Waals surface area contributed by atoms with Crippen molar-refractivity contribution < 1.29 is 17.9 Å². The number of ether oxygens (including phenoxy) is 2. The van der Waals surface area contributed by atoms with Gasteiger partial charge in [0.15, 0.2) is 11.5 Å². The van der Waals surface area contributed by atoms with Gasteiger partial charge in [-0.1, -0.05) is 15.9 Å². The number of sulfonamides is 1. The van der Waals surface area contributed by atoms with Crippen LogP contribution in [0.4, 0.5) is 5.69 Å². The zero-order chi connectivity index (χ0) is 10.9. The van der Waals surface area contributed by atoms with Crippen LogP contribution in [0.2, 0.25) is 0 Å². The molecule has 1 aromatic carbocycles. The zero-order valence-electron chi connectivity index (χ0n) is 7.57. The smallest absolute Gasteiger partial charge is 0.242 e. The van der Waals surface area contributed by atoms with Crippen LogP contribution in [-0.4, -0.2) is 19.9 Å². The van der Waals surface area contributed by atoms with Gasteiger partial charge in [0.05, 0.1) is 5.69 Å². The van der Waals surface area contributed by atoms with E-state index in [9.17, 15) is 8.42 Å². The summed E-state index contributed by atoms with van der Waals surface area (Å²) >= 11 is 2.88. The first-order valence-electron chi connectivity index (χ1n) is 4.07. The van der Waals surface area contributed by atoms with Crippen molar-refractivity contribution in [3.05, 3.63) is 18.2 Å². The number of anilines is 1.